The number of hydrogen-bond donors (Lipinski definition) is 0. The molecule has 0 aromatic carbocycles. The van der Waals surface area contributed by atoms with Crippen molar-refractivity contribution in [3.63, 3.8) is 0 Å². The highest BCUT2D eigenvalue weighted by molar-refractivity contribution is 6.21. The Labute approximate surface area is 113 Å². The molecule has 0 saturated heterocycles. The average Bonchev–Trinajstić information content (AvgIpc) is 2.19. The second kappa shape index (κ2) is 7.29. The van der Waals surface area contributed by atoms with Gasteiger partial charge in [-0.15, -0.1) is 0 Å². The molecular weight excluding hydrogens is 227 g/mol. The Morgan fingerprint density at radius 1 is 1.17 bits per heavy atom. The number of rotatable bonds is 7. The van der Waals surface area contributed by atoms with Crippen LogP contribution in [0.25, 0.3) is 0 Å². The summed E-state index contributed by atoms with van der Waals surface area (Å²) in [6.07, 6.45) is 1.01. The highest BCUT2D eigenvalue weighted by Crippen LogP contribution is 2.19. The number of ketones is 1. The maximum atomic E-state index is 11.8. The SMILES string of the molecule is BCC(=O)C(COC(C)(C)C)OCCC(C)(C)C. The van der Waals surface area contributed by atoms with Crippen LogP contribution in [0.15, 0.2) is 0 Å². The lowest BCUT2D eigenvalue weighted by Crippen LogP contribution is -2.34. The zero-order chi connectivity index (χ0) is 14.4. The summed E-state index contributed by atoms with van der Waals surface area (Å²) in [5, 5.41) is 0. The minimum Gasteiger partial charge on any atom is -0.373 e. The van der Waals surface area contributed by atoms with Crippen LogP contribution in [0, 0.1) is 5.41 Å². The highest BCUT2D eigenvalue weighted by Gasteiger charge is 2.22. The first-order valence-electron chi connectivity index (χ1n) is 6.83. The first kappa shape index (κ1) is 17.7. The van der Waals surface area contributed by atoms with Gasteiger partial charge in [0, 0.05) is 6.61 Å². The molecule has 0 fully saturated rings. The van der Waals surface area contributed by atoms with E-state index in [4.69, 9.17) is 9.47 Å². The van der Waals surface area contributed by atoms with E-state index in [9.17, 15) is 4.79 Å². The Balaban J connectivity index is 4.21. The quantitative estimate of drug-likeness (QED) is 0.655. The molecule has 0 bridgehead atoms. The third-order valence-electron chi connectivity index (χ3n) is 2.55. The first-order valence-corrected chi connectivity index (χ1v) is 6.83. The number of hydrogen-bond acceptors (Lipinski definition) is 3. The summed E-state index contributed by atoms with van der Waals surface area (Å²) in [5.74, 6) is 0.119. The van der Waals surface area contributed by atoms with Crippen LogP contribution < -0.4 is 0 Å². The molecule has 0 heterocycles. The van der Waals surface area contributed by atoms with Crippen molar-refractivity contribution in [3.8, 4) is 0 Å². The third kappa shape index (κ3) is 9.66. The van der Waals surface area contributed by atoms with E-state index in [0.717, 1.165) is 6.42 Å². The second-order valence-electron chi connectivity index (χ2n) is 6.91. The van der Waals surface area contributed by atoms with Crippen molar-refractivity contribution >= 4 is 13.6 Å². The van der Waals surface area contributed by atoms with Crippen LogP contribution >= 0.6 is 0 Å². The van der Waals surface area contributed by atoms with E-state index in [1.807, 2.05) is 28.6 Å². The molecule has 1 unspecified atom stereocenters. The van der Waals surface area contributed by atoms with Gasteiger partial charge in [0.15, 0.2) is 5.78 Å². The summed E-state index contributed by atoms with van der Waals surface area (Å²) in [7, 11) is 1.86. The molecule has 0 aliphatic carbocycles. The number of Topliss-reactive ketones (excluding diaryl/α,β-unsaturated/α-hetero) is 1. The van der Waals surface area contributed by atoms with Gasteiger partial charge in [-0.25, -0.2) is 0 Å². The van der Waals surface area contributed by atoms with Crippen molar-refractivity contribution in [2.24, 2.45) is 5.41 Å². The van der Waals surface area contributed by atoms with Crippen LogP contribution in [-0.2, 0) is 14.3 Å². The predicted molar refractivity (Wildman–Crippen MR) is 77.9 cm³/mol. The van der Waals surface area contributed by atoms with E-state index in [2.05, 4.69) is 20.8 Å². The number of carbonyl (C=O) groups excluding carboxylic acids is 1. The molecule has 1 atom stereocenters. The van der Waals surface area contributed by atoms with Gasteiger partial charge in [0.2, 0.25) is 0 Å². The maximum Gasteiger partial charge on any atom is 0.156 e. The van der Waals surface area contributed by atoms with Gasteiger partial charge in [0.05, 0.1) is 12.2 Å². The topological polar surface area (TPSA) is 35.5 Å². The van der Waals surface area contributed by atoms with E-state index < -0.39 is 6.10 Å². The van der Waals surface area contributed by atoms with Crippen LogP contribution in [0.2, 0.25) is 6.32 Å². The van der Waals surface area contributed by atoms with Gasteiger partial charge in [-0.05, 0) is 38.9 Å². The van der Waals surface area contributed by atoms with E-state index in [1.54, 1.807) is 0 Å². The molecule has 0 spiro atoms. The summed E-state index contributed by atoms with van der Waals surface area (Å²) in [4.78, 5) is 11.8. The van der Waals surface area contributed by atoms with E-state index in [1.165, 1.54) is 0 Å². The molecule has 106 valence electrons. The fourth-order valence-corrected chi connectivity index (χ4v) is 1.29. The van der Waals surface area contributed by atoms with E-state index >= 15 is 0 Å². The molecule has 0 saturated carbocycles. The van der Waals surface area contributed by atoms with E-state index in [-0.39, 0.29) is 16.8 Å². The molecule has 0 amide bonds. The van der Waals surface area contributed by atoms with Gasteiger partial charge >= 0.3 is 0 Å². The summed E-state index contributed by atoms with van der Waals surface area (Å²) >= 11 is 0. The minimum absolute atomic E-state index is 0.119. The molecule has 3 nitrogen and oxygen atoms in total. The van der Waals surface area contributed by atoms with Gasteiger partial charge in [-0.2, -0.15) is 0 Å². The third-order valence-corrected chi connectivity index (χ3v) is 2.55. The number of carbonyl (C=O) groups is 1. The van der Waals surface area contributed by atoms with Crippen LogP contribution in [0.5, 0.6) is 0 Å². The molecule has 0 radical (unpaired) electrons. The maximum absolute atomic E-state index is 11.8. The first-order chi connectivity index (χ1) is 8.05. The van der Waals surface area contributed by atoms with Crippen LogP contribution in [-0.4, -0.2) is 38.5 Å². The van der Waals surface area contributed by atoms with Crippen molar-refractivity contribution < 1.29 is 14.3 Å². The van der Waals surface area contributed by atoms with Gasteiger partial charge in [-0.3, -0.25) is 4.79 Å². The lowest BCUT2D eigenvalue weighted by molar-refractivity contribution is -0.137. The molecule has 0 aromatic heterocycles. The lowest BCUT2D eigenvalue weighted by Gasteiger charge is -2.25. The van der Waals surface area contributed by atoms with Gasteiger partial charge in [-0.1, -0.05) is 20.8 Å². The second-order valence-corrected chi connectivity index (χ2v) is 6.91. The Hall–Kier alpha value is -0.345. The summed E-state index contributed by atoms with van der Waals surface area (Å²) in [6, 6.07) is 0. The highest BCUT2D eigenvalue weighted by atomic mass is 16.5. The molecule has 0 rings (SSSR count). The predicted octanol–water partition coefficient (Wildman–Crippen LogP) is 2.24. The van der Waals surface area contributed by atoms with Crippen molar-refractivity contribution in [1.82, 2.24) is 0 Å². The fraction of sp³-hybridized carbons (Fsp3) is 0.929. The standard InChI is InChI=1S/C14H29BO3/c1-13(2,3)7-8-17-12(11(16)9-15)10-18-14(4,5)6/h12H,7-10,15H2,1-6H3. The minimum atomic E-state index is -0.420. The zero-order valence-electron chi connectivity index (χ0n) is 13.1. The molecule has 0 N–H and O–H groups in total. The Morgan fingerprint density at radius 2 is 1.72 bits per heavy atom. The number of ether oxygens (including phenoxy) is 2. The molecular formula is C14H29BO3. The van der Waals surface area contributed by atoms with Crippen molar-refractivity contribution in [1.29, 1.82) is 0 Å². The van der Waals surface area contributed by atoms with Crippen molar-refractivity contribution in [2.45, 2.75) is 66.0 Å². The normalized spacial score (nSPS) is 14.6. The smallest absolute Gasteiger partial charge is 0.156 e. The monoisotopic (exact) mass is 256 g/mol. The van der Waals surface area contributed by atoms with Gasteiger partial charge < -0.3 is 9.47 Å². The summed E-state index contributed by atoms with van der Waals surface area (Å²) in [5.41, 5.74) is -0.00957. The summed E-state index contributed by atoms with van der Waals surface area (Å²) < 4.78 is 11.3. The van der Waals surface area contributed by atoms with Crippen molar-refractivity contribution in [3.05, 3.63) is 0 Å². The molecule has 0 aliphatic rings. The van der Waals surface area contributed by atoms with E-state index in [0.29, 0.717) is 19.5 Å². The van der Waals surface area contributed by atoms with Gasteiger partial charge in [0.1, 0.15) is 14.0 Å². The Bertz CT molecular complexity index is 251. The molecule has 0 aliphatic heterocycles. The van der Waals surface area contributed by atoms with Crippen molar-refractivity contribution in [2.75, 3.05) is 13.2 Å². The molecule has 4 heteroatoms. The summed E-state index contributed by atoms with van der Waals surface area (Å²) in [6.45, 7) is 13.4. The zero-order valence-corrected chi connectivity index (χ0v) is 13.1. The lowest BCUT2D eigenvalue weighted by atomic mass is 9.93. The van der Waals surface area contributed by atoms with Crippen LogP contribution in [0.3, 0.4) is 0 Å². The van der Waals surface area contributed by atoms with Crippen LogP contribution in [0.4, 0.5) is 0 Å². The average molecular weight is 256 g/mol. The fourth-order valence-electron chi connectivity index (χ4n) is 1.29. The largest absolute Gasteiger partial charge is 0.373 e. The van der Waals surface area contributed by atoms with Gasteiger partial charge in [0.25, 0.3) is 0 Å². The van der Waals surface area contributed by atoms with Crippen LogP contribution in [0.1, 0.15) is 48.0 Å². The Morgan fingerprint density at radius 3 is 2.11 bits per heavy atom. The molecule has 18 heavy (non-hydrogen) atoms. The Kier molecular flexibility index (Phi) is 7.15. The molecule has 0 aromatic rings.